The van der Waals surface area contributed by atoms with Crippen molar-refractivity contribution in [3.05, 3.63) is 42.5 Å². The van der Waals surface area contributed by atoms with Gasteiger partial charge in [0, 0.05) is 27.1 Å². The molecule has 30 heavy (non-hydrogen) atoms. The predicted octanol–water partition coefficient (Wildman–Crippen LogP) is 3.72. The van der Waals surface area contributed by atoms with E-state index < -0.39 is 10.8 Å². The van der Waals surface area contributed by atoms with Gasteiger partial charge in [-0.1, -0.05) is 29.5 Å². The molecule has 0 spiro atoms. The van der Waals surface area contributed by atoms with E-state index in [0.29, 0.717) is 23.1 Å². The fourth-order valence-corrected chi connectivity index (χ4v) is 5.68. The van der Waals surface area contributed by atoms with Gasteiger partial charge in [0.05, 0.1) is 21.7 Å². The minimum atomic E-state index is -3.27. The van der Waals surface area contributed by atoms with Crippen molar-refractivity contribution >= 4 is 49.3 Å². The van der Waals surface area contributed by atoms with Crippen LogP contribution in [0, 0.1) is 0 Å². The highest BCUT2D eigenvalue weighted by Gasteiger charge is 2.32. The van der Waals surface area contributed by atoms with Crippen LogP contribution >= 0.6 is 22.1 Å². The van der Waals surface area contributed by atoms with Gasteiger partial charge >= 0.3 is 0 Å². The average molecular weight is 447 g/mol. The number of aromatic nitrogens is 1. The SMILES string of the molecule is CC(=O)Nc1nc2ccc(-c3cccc(S(O)(O)N4CCN(C)C(=O)C4)c3)cc2s1. The molecule has 2 amide bonds. The van der Waals surface area contributed by atoms with Crippen LogP contribution in [0.5, 0.6) is 0 Å². The molecule has 3 aromatic rings. The largest absolute Gasteiger partial charge is 0.343 e. The zero-order chi connectivity index (χ0) is 21.5. The van der Waals surface area contributed by atoms with E-state index in [4.69, 9.17) is 0 Å². The number of hydrogen-bond donors (Lipinski definition) is 3. The Morgan fingerprint density at radius 2 is 1.93 bits per heavy atom. The zero-order valence-electron chi connectivity index (χ0n) is 16.5. The maximum absolute atomic E-state index is 12.0. The normalized spacial score (nSPS) is 16.1. The van der Waals surface area contributed by atoms with Crippen LogP contribution in [-0.2, 0) is 9.59 Å². The third kappa shape index (κ3) is 4.05. The summed E-state index contributed by atoms with van der Waals surface area (Å²) in [6, 6.07) is 12.8. The van der Waals surface area contributed by atoms with Crippen LogP contribution in [0.4, 0.5) is 5.13 Å². The molecule has 0 unspecified atom stereocenters. The molecule has 158 valence electrons. The number of piperazine rings is 1. The highest BCUT2D eigenvalue weighted by molar-refractivity contribution is 8.22. The van der Waals surface area contributed by atoms with E-state index in [1.165, 1.54) is 22.6 Å². The smallest absolute Gasteiger partial charge is 0.238 e. The molecule has 1 saturated heterocycles. The first kappa shape index (κ1) is 20.8. The zero-order valence-corrected chi connectivity index (χ0v) is 18.2. The number of thiazole rings is 1. The number of fused-ring (bicyclic) bond motifs is 1. The summed E-state index contributed by atoms with van der Waals surface area (Å²) < 4.78 is 24.1. The van der Waals surface area contributed by atoms with Crippen LogP contribution in [0.15, 0.2) is 47.4 Å². The molecule has 4 rings (SSSR count). The van der Waals surface area contributed by atoms with Gasteiger partial charge in [0.2, 0.25) is 11.8 Å². The number of carbonyl (C=O) groups is 2. The van der Waals surface area contributed by atoms with Gasteiger partial charge in [-0.25, -0.2) is 4.98 Å². The number of nitrogens with zero attached hydrogens (tertiary/aromatic N) is 3. The summed E-state index contributed by atoms with van der Waals surface area (Å²) in [5.41, 5.74) is 2.50. The molecule has 2 aromatic carbocycles. The Morgan fingerprint density at radius 3 is 2.67 bits per heavy atom. The van der Waals surface area contributed by atoms with Crippen molar-refractivity contribution in [3.63, 3.8) is 0 Å². The molecule has 8 nitrogen and oxygen atoms in total. The van der Waals surface area contributed by atoms with Crippen molar-refractivity contribution in [2.45, 2.75) is 11.8 Å². The second-order valence-corrected chi connectivity index (χ2v) is 10.2. The molecule has 1 aliphatic rings. The second-order valence-electron chi connectivity index (χ2n) is 7.11. The highest BCUT2D eigenvalue weighted by atomic mass is 32.3. The van der Waals surface area contributed by atoms with Gasteiger partial charge in [-0.3, -0.25) is 18.7 Å². The maximum atomic E-state index is 12.0. The lowest BCUT2D eigenvalue weighted by atomic mass is 10.1. The maximum Gasteiger partial charge on any atom is 0.238 e. The van der Waals surface area contributed by atoms with E-state index in [1.54, 1.807) is 30.1 Å². The molecule has 0 saturated carbocycles. The molecule has 0 bridgehead atoms. The van der Waals surface area contributed by atoms with Crippen molar-refractivity contribution < 1.29 is 18.7 Å². The molecular weight excluding hydrogens is 424 g/mol. The van der Waals surface area contributed by atoms with Crippen molar-refractivity contribution in [2.24, 2.45) is 0 Å². The van der Waals surface area contributed by atoms with Gasteiger partial charge in [-0.05, 0) is 35.4 Å². The minimum Gasteiger partial charge on any atom is -0.343 e. The van der Waals surface area contributed by atoms with Crippen molar-refractivity contribution in [1.29, 1.82) is 0 Å². The third-order valence-electron chi connectivity index (χ3n) is 4.94. The molecule has 1 aromatic heterocycles. The van der Waals surface area contributed by atoms with Crippen LogP contribution in [0.1, 0.15) is 6.92 Å². The Kier molecular flexibility index (Phi) is 5.51. The lowest BCUT2D eigenvalue weighted by Gasteiger charge is -2.45. The first-order valence-corrected chi connectivity index (χ1v) is 11.6. The molecule has 1 aliphatic heterocycles. The van der Waals surface area contributed by atoms with Crippen LogP contribution in [0.25, 0.3) is 21.3 Å². The Morgan fingerprint density at radius 1 is 1.17 bits per heavy atom. The standard InChI is InChI=1S/C20H22N4O4S2/c1-13(25)21-20-22-17-7-6-15(11-18(17)29-20)14-4-3-5-16(10-14)30(27,28)24-9-8-23(2)19(26)12-24/h3-7,10-11,27-28H,8-9,12H2,1-2H3,(H,21,22,25). The van der Waals surface area contributed by atoms with Crippen molar-refractivity contribution in [1.82, 2.24) is 14.2 Å². The van der Waals surface area contributed by atoms with Crippen LogP contribution in [0.3, 0.4) is 0 Å². The Labute approximate surface area is 179 Å². The molecule has 10 heteroatoms. The topological polar surface area (TPSA) is 106 Å². The number of amides is 2. The summed E-state index contributed by atoms with van der Waals surface area (Å²) in [4.78, 5) is 29.6. The van der Waals surface area contributed by atoms with Crippen molar-refractivity contribution in [3.8, 4) is 11.1 Å². The van der Waals surface area contributed by atoms with Gasteiger partial charge in [0.1, 0.15) is 0 Å². The molecule has 1 fully saturated rings. The second kappa shape index (κ2) is 7.97. The van der Waals surface area contributed by atoms with Gasteiger partial charge in [0.15, 0.2) is 5.13 Å². The number of nitrogens with one attached hydrogen (secondary N) is 1. The number of likely N-dealkylation sites (N-methyl/N-ethyl adjacent to an activating group) is 1. The quantitative estimate of drug-likeness (QED) is 0.564. The van der Waals surface area contributed by atoms with Crippen LogP contribution < -0.4 is 5.32 Å². The van der Waals surface area contributed by atoms with Crippen LogP contribution in [0.2, 0.25) is 0 Å². The summed E-state index contributed by atoms with van der Waals surface area (Å²) in [6.07, 6.45) is 0. The Bertz CT molecular complexity index is 1130. The fraction of sp³-hybridized carbons (Fsp3) is 0.250. The Balaban J connectivity index is 1.64. The van der Waals surface area contributed by atoms with Gasteiger partial charge in [0.25, 0.3) is 0 Å². The van der Waals surface area contributed by atoms with Gasteiger partial charge < -0.3 is 10.2 Å². The number of anilines is 1. The monoisotopic (exact) mass is 446 g/mol. The van der Waals surface area contributed by atoms with Crippen LogP contribution in [-0.4, -0.2) is 61.8 Å². The van der Waals surface area contributed by atoms with E-state index in [0.717, 1.165) is 21.3 Å². The van der Waals surface area contributed by atoms with E-state index in [1.807, 2.05) is 24.3 Å². The predicted molar refractivity (Wildman–Crippen MR) is 120 cm³/mol. The van der Waals surface area contributed by atoms with Gasteiger partial charge in [-0.15, -0.1) is 10.8 Å². The average Bonchev–Trinajstić information content (AvgIpc) is 3.10. The highest BCUT2D eigenvalue weighted by Crippen LogP contribution is 2.52. The number of benzene rings is 2. The summed E-state index contributed by atoms with van der Waals surface area (Å²) in [7, 11) is -1.56. The molecule has 3 N–H and O–H groups in total. The fourth-order valence-electron chi connectivity index (χ4n) is 3.26. The molecule has 2 heterocycles. The third-order valence-corrected chi connectivity index (χ3v) is 7.79. The number of rotatable bonds is 4. The van der Waals surface area contributed by atoms with E-state index in [2.05, 4.69) is 10.3 Å². The number of hydrogen-bond acceptors (Lipinski definition) is 7. The Hall–Kier alpha value is -2.50. The van der Waals surface area contributed by atoms with Gasteiger partial charge in [-0.2, -0.15) is 4.31 Å². The first-order chi connectivity index (χ1) is 14.2. The van der Waals surface area contributed by atoms with E-state index >= 15 is 0 Å². The lowest BCUT2D eigenvalue weighted by molar-refractivity contribution is -0.132. The minimum absolute atomic E-state index is 0.0260. The summed E-state index contributed by atoms with van der Waals surface area (Å²) in [5.74, 6) is -0.308. The first-order valence-electron chi connectivity index (χ1n) is 9.30. The summed E-state index contributed by atoms with van der Waals surface area (Å²) >= 11 is 1.38. The summed E-state index contributed by atoms with van der Waals surface area (Å²) in [5, 5.41) is 3.23. The molecule has 0 radical (unpaired) electrons. The van der Waals surface area contributed by atoms with E-state index in [-0.39, 0.29) is 18.4 Å². The number of carbonyl (C=O) groups excluding carboxylic acids is 2. The summed E-state index contributed by atoms with van der Waals surface area (Å²) in [6.45, 7) is 2.26. The van der Waals surface area contributed by atoms with Crippen molar-refractivity contribution in [2.75, 3.05) is 32.0 Å². The molecule has 0 atom stereocenters. The van der Waals surface area contributed by atoms with E-state index in [9.17, 15) is 18.7 Å². The lowest BCUT2D eigenvalue weighted by Crippen LogP contribution is -2.49. The molecule has 0 aliphatic carbocycles. The molecular formula is C20H22N4O4S2.